The number of nitrogen functional groups attached to an aromatic ring is 1. The first kappa shape index (κ1) is 13.0. The van der Waals surface area contributed by atoms with E-state index in [9.17, 15) is 4.39 Å². The van der Waals surface area contributed by atoms with Crippen LogP contribution in [-0.2, 0) is 0 Å². The van der Waals surface area contributed by atoms with Crippen molar-refractivity contribution in [2.75, 3.05) is 0 Å². The average molecular weight is 326 g/mol. The largest absolute Gasteiger partial charge is 0.384 e. The highest BCUT2D eigenvalue weighted by atomic mass is 79.9. The summed E-state index contributed by atoms with van der Waals surface area (Å²) < 4.78 is 14.5. The molecule has 0 aliphatic carbocycles. The van der Waals surface area contributed by atoms with E-state index >= 15 is 0 Å². The number of nitrogens with zero attached hydrogens (tertiary/aromatic N) is 1. The first-order valence-electron chi connectivity index (χ1n) is 5.00. The molecule has 1 aromatic carbocycles. The molecule has 1 heterocycles. The van der Waals surface area contributed by atoms with E-state index in [1.54, 1.807) is 18.3 Å². The molecule has 92 valence electrons. The zero-order valence-corrected chi connectivity index (χ0v) is 11.6. The highest BCUT2D eigenvalue weighted by Gasteiger charge is 2.12. The predicted octanol–water partition coefficient (Wildman–Crippen LogP) is 3.42. The van der Waals surface area contributed by atoms with Crippen molar-refractivity contribution >= 4 is 33.5 Å². The minimum Gasteiger partial charge on any atom is -0.384 e. The van der Waals surface area contributed by atoms with Crippen LogP contribution in [0.2, 0.25) is 0 Å². The van der Waals surface area contributed by atoms with Crippen molar-refractivity contribution in [3.8, 4) is 0 Å². The van der Waals surface area contributed by atoms with E-state index in [2.05, 4.69) is 20.9 Å². The van der Waals surface area contributed by atoms with Crippen LogP contribution in [0.5, 0.6) is 0 Å². The summed E-state index contributed by atoms with van der Waals surface area (Å²) in [4.78, 5) is 4.77. The van der Waals surface area contributed by atoms with Gasteiger partial charge in [-0.15, -0.1) is 0 Å². The highest BCUT2D eigenvalue weighted by molar-refractivity contribution is 9.10. The molecule has 0 aliphatic rings. The lowest BCUT2D eigenvalue weighted by atomic mass is 10.2. The molecule has 0 amide bonds. The van der Waals surface area contributed by atoms with Gasteiger partial charge in [0.05, 0.1) is 5.56 Å². The molecule has 0 saturated heterocycles. The molecule has 18 heavy (non-hydrogen) atoms. The predicted molar refractivity (Wildman–Crippen MR) is 73.5 cm³/mol. The fourth-order valence-corrected chi connectivity index (χ4v) is 2.54. The van der Waals surface area contributed by atoms with Gasteiger partial charge in [0.2, 0.25) is 0 Å². The maximum atomic E-state index is 13.6. The topological polar surface area (TPSA) is 62.8 Å². The maximum absolute atomic E-state index is 13.6. The summed E-state index contributed by atoms with van der Waals surface area (Å²) in [7, 11) is 0. The molecule has 0 atom stereocenters. The maximum Gasteiger partial charge on any atom is 0.135 e. The first-order chi connectivity index (χ1) is 8.58. The zero-order chi connectivity index (χ0) is 13.1. The fraction of sp³-hybridized carbons (Fsp3) is 0. The van der Waals surface area contributed by atoms with Gasteiger partial charge in [0.15, 0.2) is 0 Å². The Bertz CT molecular complexity index is 586. The van der Waals surface area contributed by atoms with E-state index in [1.807, 2.05) is 12.1 Å². The van der Waals surface area contributed by atoms with Crippen molar-refractivity contribution < 1.29 is 4.39 Å². The molecule has 0 saturated carbocycles. The van der Waals surface area contributed by atoms with E-state index in [1.165, 1.54) is 17.8 Å². The van der Waals surface area contributed by atoms with Gasteiger partial charge >= 0.3 is 0 Å². The monoisotopic (exact) mass is 325 g/mol. The van der Waals surface area contributed by atoms with E-state index in [4.69, 9.17) is 11.1 Å². The SMILES string of the molecule is N=C(N)c1c(F)cccc1Sc1ccc(Br)cn1. The highest BCUT2D eigenvalue weighted by Crippen LogP contribution is 2.30. The number of aromatic nitrogens is 1. The normalized spacial score (nSPS) is 10.3. The van der Waals surface area contributed by atoms with Crippen molar-refractivity contribution in [2.24, 2.45) is 5.73 Å². The number of nitrogens with two attached hydrogens (primary N) is 1. The molecular formula is C12H9BrFN3S. The molecule has 6 heteroatoms. The molecule has 2 aromatic rings. The van der Waals surface area contributed by atoms with Gasteiger partial charge in [0.1, 0.15) is 16.7 Å². The first-order valence-corrected chi connectivity index (χ1v) is 6.61. The van der Waals surface area contributed by atoms with Crippen LogP contribution >= 0.6 is 27.7 Å². The van der Waals surface area contributed by atoms with Crippen LogP contribution < -0.4 is 5.73 Å². The number of rotatable bonds is 3. The summed E-state index contributed by atoms with van der Waals surface area (Å²) >= 11 is 4.57. The van der Waals surface area contributed by atoms with Crippen molar-refractivity contribution in [1.29, 1.82) is 5.41 Å². The summed E-state index contributed by atoms with van der Waals surface area (Å²) in [5.41, 5.74) is 5.51. The van der Waals surface area contributed by atoms with Crippen LogP contribution in [0.15, 0.2) is 50.9 Å². The smallest absolute Gasteiger partial charge is 0.135 e. The van der Waals surface area contributed by atoms with Crippen molar-refractivity contribution in [1.82, 2.24) is 4.98 Å². The van der Waals surface area contributed by atoms with E-state index in [0.717, 1.165) is 4.47 Å². The number of pyridine rings is 1. The third kappa shape index (κ3) is 2.88. The van der Waals surface area contributed by atoms with Crippen LogP contribution in [0, 0.1) is 11.2 Å². The molecule has 3 N–H and O–H groups in total. The molecule has 0 aliphatic heterocycles. The lowest BCUT2D eigenvalue weighted by Gasteiger charge is -2.08. The second-order valence-corrected chi connectivity index (χ2v) is 5.42. The van der Waals surface area contributed by atoms with Gasteiger partial charge in [0.25, 0.3) is 0 Å². The Morgan fingerprint density at radius 2 is 2.11 bits per heavy atom. The Morgan fingerprint density at radius 1 is 1.33 bits per heavy atom. The summed E-state index contributed by atoms with van der Waals surface area (Å²) in [6, 6.07) is 8.25. The molecule has 0 spiro atoms. The molecule has 0 unspecified atom stereocenters. The summed E-state index contributed by atoms with van der Waals surface area (Å²) in [6.07, 6.45) is 1.66. The zero-order valence-electron chi connectivity index (χ0n) is 9.15. The van der Waals surface area contributed by atoms with Crippen molar-refractivity contribution in [3.05, 3.63) is 52.4 Å². The minimum absolute atomic E-state index is 0.118. The van der Waals surface area contributed by atoms with E-state index in [-0.39, 0.29) is 11.4 Å². The number of benzene rings is 1. The number of nitrogens with one attached hydrogen (secondary N) is 1. The Hall–Kier alpha value is -1.40. The second-order valence-electron chi connectivity index (χ2n) is 3.44. The van der Waals surface area contributed by atoms with Crippen LogP contribution in [0.3, 0.4) is 0 Å². The Morgan fingerprint density at radius 3 is 2.72 bits per heavy atom. The van der Waals surface area contributed by atoms with Gasteiger partial charge in [-0.05, 0) is 40.2 Å². The Balaban J connectivity index is 2.37. The van der Waals surface area contributed by atoms with Crippen LogP contribution in [0.1, 0.15) is 5.56 Å². The number of amidine groups is 1. The minimum atomic E-state index is -0.496. The molecule has 0 bridgehead atoms. The van der Waals surface area contributed by atoms with E-state index < -0.39 is 5.82 Å². The van der Waals surface area contributed by atoms with E-state index in [0.29, 0.717) is 9.92 Å². The Kier molecular flexibility index (Phi) is 3.98. The lowest BCUT2D eigenvalue weighted by molar-refractivity contribution is 0.621. The van der Waals surface area contributed by atoms with Gasteiger partial charge in [-0.1, -0.05) is 17.8 Å². The molecule has 1 aromatic heterocycles. The fourth-order valence-electron chi connectivity index (χ4n) is 1.39. The average Bonchev–Trinajstić information content (AvgIpc) is 2.32. The van der Waals surface area contributed by atoms with Gasteiger partial charge in [-0.3, -0.25) is 5.41 Å². The third-order valence-electron chi connectivity index (χ3n) is 2.16. The summed E-state index contributed by atoms with van der Waals surface area (Å²) in [5, 5.41) is 8.13. The van der Waals surface area contributed by atoms with Crippen molar-refractivity contribution in [3.63, 3.8) is 0 Å². The molecule has 2 rings (SSSR count). The van der Waals surface area contributed by atoms with Gasteiger partial charge < -0.3 is 5.73 Å². The standard InChI is InChI=1S/C12H9BrFN3S/c13-7-4-5-10(17-6-7)18-9-3-1-2-8(14)11(9)12(15)16/h1-6H,(H3,15,16). The summed E-state index contributed by atoms with van der Waals surface area (Å²) in [5.74, 6) is -0.780. The number of hydrogen-bond acceptors (Lipinski definition) is 3. The molecule has 3 nitrogen and oxygen atoms in total. The number of hydrogen-bond donors (Lipinski definition) is 2. The number of halogens is 2. The van der Waals surface area contributed by atoms with Gasteiger partial charge in [-0.25, -0.2) is 9.37 Å². The summed E-state index contributed by atoms with van der Waals surface area (Å²) in [6.45, 7) is 0. The second kappa shape index (κ2) is 5.49. The van der Waals surface area contributed by atoms with Gasteiger partial charge in [0, 0.05) is 15.6 Å². The molecule has 0 fully saturated rings. The lowest BCUT2D eigenvalue weighted by Crippen LogP contribution is -2.14. The quantitative estimate of drug-likeness (QED) is 0.671. The van der Waals surface area contributed by atoms with Crippen LogP contribution in [-0.4, -0.2) is 10.8 Å². The molecular weight excluding hydrogens is 317 g/mol. The van der Waals surface area contributed by atoms with Gasteiger partial charge in [-0.2, -0.15) is 0 Å². The molecule has 0 radical (unpaired) electrons. The Labute approximate surface area is 116 Å². The third-order valence-corrected chi connectivity index (χ3v) is 3.64. The van der Waals surface area contributed by atoms with Crippen LogP contribution in [0.4, 0.5) is 4.39 Å². The van der Waals surface area contributed by atoms with Crippen LogP contribution in [0.25, 0.3) is 0 Å². The van der Waals surface area contributed by atoms with Crippen molar-refractivity contribution in [2.45, 2.75) is 9.92 Å².